The van der Waals surface area contributed by atoms with E-state index >= 15 is 0 Å². The van der Waals surface area contributed by atoms with Crippen LogP contribution in [0, 0.1) is 0 Å². The normalized spacial score (nSPS) is 14.8. The van der Waals surface area contributed by atoms with Gasteiger partial charge in [-0.3, -0.25) is 14.6 Å². The minimum Gasteiger partial charge on any atom is -0.378 e. The van der Waals surface area contributed by atoms with Gasteiger partial charge in [0.15, 0.2) is 0 Å². The van der Waals surface area contributed by atoms with Crippen LogP contribution < -0.4 is 5.32 Å². The van der Waals surface area contributed by atoms with Crippen LogP contribution in [0.3, 0.4) is 0 Å². The molecular formula is C15H21N3O3. The molecule has 114 valence electrons. The summed E-state index contributed by atoms with van der Waals surface area (Å²) in [5, 5.41) is 2.80. The van der Waals surface area contributed by atoms with Crippen molar-refractivity contribution in [3.05, 3.63) is 29.6 Å². The number of ether oxygens (including phenoxy) is 1. The fourth-order valence-corrected chi connectivity index (χ4v) is 2.11. The average molecular weight is 291 g/mol. The Morgan fingerprint density at radius 3 is 2.86 bits per heavy atom. The van der Waals surface area contributed by atoms with Crippen LogP contribution in [0.15, 0.2) is 18.3 Å². The van der Waals surface area contributed by atoms with Gasteiger partial charge in [0, 0.05) is 31.4 Å². The fraction of sp³-hybridized carbons (Fsp3) is 0.533. The van der Waals surface area contributed by atoms with E-state index in [1.165, 1.54) is 6.20 Å². The summed E-state index contributed by atoms with van der Waals surface area (Å²) >= 11 is 0. The Bertz CT molecular complexity index is 499. The van der Waals surface area contributed by atoms with Crippen molar-refractivity contribution in [1.29, 1.82) is 0 Å². The van der Waals surface area contributed by atoms with E-state index in [2.05, 4.69) is 17.2 Å². The molecule has 1 aromatic rings. The summed E-state index contributed by atoms with van der Waals surface area (Å²) in [4.78, 5) is 30.1. The van der Waals surface area contributed by atoms with Crippen LogP contribution in [-0.4, -0.2) is 54.5 Å². The summed E-state index contributed by atoms with van der Waals surface area (Å²) in [5.41, 5.74) is 0.776. The number of hydrogen-bond acceptors (Lipinski definition) is 4. The third-order valence-corrected chi connectivity index (χ3v) is 3.35. The minimum absolute atomic E-state index is 0.0803. The van der Waals surface area contributed by atoms with Crippen molar-refractivity contribution >= 4 is 11.8 Å². The predicted molar refractivity (Wildman–Crippen MR) is 78.2 cm³/mol. The van der Waals surface area contributed by atoms with Gasteiger partial charge in [0.1, 0.15) is 5.69 Å². The topological polar surface area (TPSA) is 71.5 Å². The van der Waals surface area contributed by atoms with Gasteiger partial charge in [-0.25, -0.2) is 0 Å². The molecule has 0 bridgehead atoms. The molecule has 6 heteroatoms. The van der Waals surface area contributed by atoms with Crippen LogP contribution in [0.2, 0.25) is 0 Å². The highest BCUT2D eigenvalue weighted by atomic mass is 16.5. The first kappa shape index (κ1) is 15.4. The number of nitrogens with one attached hydrogen (secondary N) is 1. The van der Waals surface area contributed by atoms with Gasteiger partial charge < -0.3 is 15.0 Å². The lowest BCUT2D eigenvalue weighted by atomic mass is 10.2. The Kier molecular flexibility index (Phi) is 5.68. The number of carbonyl (C=O) groups is 2. The molecule has 1 saturated heterocycles. The van der Waals surface area contributed by atoms with Crippen molar-refractivity contribution in [2.24, 2.45) is 0 Å². The Labute approximate surface area is 124 Å². The number of aromatic nitrogens is 1. The summed E-state index contributed by atoms with van der Waals surface area (Å²) in [6, 6.07) is 3.19. The van der Waals surface area contributed by atoms with E-state index in [9.17, 15) is 9.59 Å². The maximum absolute atomic E-state index is 12.3. The molecule has 0 radical (unpaired) electrons. The van der Waals surface area contributed by atoms with E-state index in [1.54, 1.807) is 17.0 Å². The number of rotatable bonds is 5. The maximum Gasteiger partial charge on any atom is 0.269 e. The number of hydrogen-bond donors (Lipinski definition) is 1. The maximum atomic E-state index is 12.3. The third-order valence-electron chi connectivity index (χ3n) is 3.35. The van der Waals surface area contributed by atoms with Gasteiger partial charge in [0.2, 0.25) is 0 Å². The zero-order valence-corrected chi connectivity index (χ0v) is 12.3. The van der Waals surface area contributed by atoms with Gasteiger partial charge in [0.25, 0.3) is 11.8 Å². The molecule has 0 aliphatic carbocycles. The molecule has 0 unspecified atom stereocenters. The number of nitrogens with zero attached hydrogens (tertiary/aromatic N) is 2. The summed E-state index contributed by atoms with van der Waals surface area (Å²) in [7, 11) is 0. The van der Waals surface area contributed by atoms with Crippen molar-refractivity contribution in [2.45, 2.75) is 19.8 Å². The van der Waals surface area contributed by atoms with Crippen LogP contribution in [0.25, 0.3) is 0 Å². The smallest absolute Gasteiger partial charge is 0.269 e. The SMILES string of the molecule is CCCCNC(=O)c1cc(C(=O)N2CCOCC2)ccn1. The molecular weight excluding hydrogens is 270 g/mol. The second-order valence-electron chi connectivity index (χ2n) is 4.94. The summed E-state index contributed by atoms with van der Waals surface area (Å²) in [6.45, 7) is 4.96. The molecule has 1 N–H and O–H groups in total. The van der Waals surface area contributed by atoms with E-state index in [0.717, 1.165) is 12.8 Å². The van der Waals surface area contributed by atoms with Crippen LogP contribution >= 0.6 is 0 Å². The molecule has 0 aromatic carbocycles. The summed E-state index contributed by atoms with van der Waals surface area (Å²) < 4.78 is 5.23. The molecule has 0 spiro atoms. The lowest BCUT2D eigenvalue weighted by molar-refractivity contribution is 0.0303. The van der Waals surface area contributed by atoms with Crippen molar-refractivity contribution in [3.8, 4) is 0 Å². The van der Waals surface area contributed by atoms with E-state index < -0.39 is 0 Å². The Morgan fingerprint density at radius 2 is 2.14 bits per heavy atom. The van der Waals surface area contributed by atoms with Crippen molar-refractivity contribution in [2.75, 3.05) is 32.8 Å². The zero-order valence-electron chi connectivity index (χ0n) is 12.3. The molecule has 1 aliphatic rings. The highest BCUT2D eigenvalue weighted by Gasteiger charge is 2.19. The summed E-state index contributed by atoms with van der Waals surface area (Å²) in [5.74, 6) is -0.316. The highest BCUT2D eigenvalue weighted by Crippen LogP contribution is 2.08. The third kappa shape index (κ3) is 4.26. The van der Waals surface area contributed by atoms with Gasteiger partial charge in [0.05, 0.1) is 13.2 Å². The molecule has 21 heavy (non-hydrogen) atoms. The first-order chi connectivity index (χ1) is 10.2. The predicted octanol–water partition coefficient (Wildman–Crippen LogP) is 1.08. The Balaban J connectivity index is 2.02. The van der Waals surface area contributed by atoms with E-state index in [0.29, 0.717) is 38.4 Å². The number of carbonyl (C=O) groups excluding carboxylic acids is 2. The first-order valence-corrected chi connectivity index (χ1v) is 7.33. The highest BCUT2D eigenvalue weighted by molar-refractivity contribution is 5.98. The summed E-state index contributed by atoms with van der Waals surface area (Å²) in [6.07, 6.45) is 3.45. The second-order valence-corrected chi connectivity index (χ2v) is 4.94. The zero-order chi connectivity index (χ0) is 15.1. The monoisotopic (exact) mass is 291 g/mol. The van der Waals surface area contributed by atoms with E-state index in [1.807, 2.05) is 0 Å². The second kappa shape index (κ2) is 7.73. The van der Waals surface area contributed by atoms with Crippen LogP contribution in [0.1, 0.15) is 40.6 Å². The molecule has 2 heterocycles. The fourth-order valence-electron chi connectivity index (χ4n) is 2.11. The van der Waals surface area contributed by atoms with Gasteiger partial charge in [-0.1, -0.05) is 13.3 Å². The standard InChI is InChI=1S/C15H21N3O3/c1-2-3-5-17-14(19)13-11-12(4-6-16-13)15(20)18-7-9-21-10-8-18/h4,6,11H,2-3,5,7-10H2,1H3,(H,17,19). The number of amides is 2. The van der Waals surface area contributed by atoms with Gasteiger partial charge >= 0.3 is 0 Å². The molecule has 0 atom stereocenters. The first-order valence-electron chi connectivity index (χ1n) is 7.33. The molecule has 2 amide bonds. The Morgan fingerprint density at radius 1 is 1.38 bits per heavy atom. The molecule has 1 fully saturated rings. The number of morpholine rings is 1. The van der Waals surface area contributed by atoms with Crippen molar-refractivity contribution < 1.29 is 14.3 Å². The van der Waals surface area contributed by atoms with Crippen LogP contribution in [0.4, 0.5) is 0 Å². The largest absolute Gasteiger partial charge is 0.378 e. The number of unbranched alkanes of at least 4 members (excludes halogenated alkanes) is 1. The Hall–Kier alpha value is -1.95. The lowest BCUT2D eigenvalue weighted by Gasteiger charge is -2.26. The molecule has 1 aromatic heterocycles. The average Bonchev–Trinajstić information content (AvgIpc) is 2.55. The van der Waals surface area contributed by atoms with Crippen LogP contribution in [-0.2, 0) is 4.74 Å². The van der Waals surface area contributed by atoms with E-state index in [-0.39, 0.29) is 17.5 Å². The molecule has 6 nitrogen and oxygen atoms in total. The van der Waals surface area contributed by atoms with Gasteiger partial charge in [-0.15, -0.1) is 0 Å². The van der Waals surface area contributed by atoms with Crippen molar-refractivity contribution in [3.63, 3.8) is 0 Å². The molecule has 1 aliphatic heterocycles. The number of pyridine rings is 1. The van der Waals surface area contributed by atoms with Crippen molar-refractivity contribution in [1.82, 2.24) is 15.2 Å². The molecule has 0 saturated carbocycles. The molecule has 2 rings (SSSR count). The van der Waals surface area contributed by atoms with Gasteiger partial charge in [-0.2, -0.15) is 0 Å². The lowest BCUT2D eigenvalue weighted by Crippen LogP contribution is -2.40. The van der Waals surface area contributed by atoms with Gasteiger partial charge in [-0.05, 0) is 18.6 Å². The quantitative estimate of drug-likeness (QED) is 0.824. The van der Waals surface area contributed by atoms with Crippen LogP contribution in [0.5, 0.6) is 0 Å². The van der Waals surface area contributed by atoms with E-state index in [4.69, 9.17) is 4.74 Å². The minimum atomic E-state index is -0.236.